The molecule has 0 aliphatic carbocycles. The molecule has 3 fully saturated rings. The van der Waals surface area contributed by atoms with Gasteiger partial charge >= 0.3 is 5.97 Å². The Labute approximate surface area is 371 Å². The van der Waals surface area contributed by atoms with Crippen LogP contribution >= 0.6 is 0 Å². The number of likely N-dealkylation sites (N-methyl/N-ethyl adjacent to an activating group) is 1. The van der Waals surface area contributed by atoms with E-state index in [1.165, 1.54) is 14.0 Å². The average Bonchev–Trinajstić information content (AvgIpc) is 3.23. The molecule has 0 saturated carbocycles. The number of carbonyl (C=O) groups excluding carboxylic acids is 2. The molecule has 4 rings (SSSR count). The smallest absolute Gasteiger partial charge is 0.311 e. The summed E-state index contributed by atoms with van der Waals surface area (Å²) >= 11 is 0. The van der Waals surface area contributed by atoms with E-state index in [9.17, 15) is 24.9 Å². The maximum atomic E-state index is 14.4. The molecule has 62 heavy (non-hydrogen) atoms. The van der Waals surface area contributed by atoms with E-state index in [1.807, 2.05) is 41.8 Å². The monoisotopic (exact) mass is 881 g/mol. The fourth-order valence-electron chi connectivity index (χ4n) is 10.0. The Kier molecular flexibility index (Phi) is 18.0. The van der Waals surface area contributed by atoms with E-state index >= 15 is 0 Å². The van der Waals surface area contributed by atoms with E-state index in [0.29, 0.717) is 13.0 Å². The number of ketones is 1. The number of aliphatic hydroxyl groups is 3. The lowest BCUT2D eigenvalue weighted by atomic mass is 9.74. The van der Waals surface area contributed by atoms with Gasteiger partial charge in [-0.3, -0.25) is 14.5 Å². The number of ether oxygens (including phenoxy) is 8. The standard InChI is InChI=1S/C47H80N2O13/c1-17-35-46(9,54)41(52)29(5)37(50)27(3)24-45(8,56-15)42(30(6)38(31(7)43(53)59-35)60-36-22-26(2)40(51)47(10,57-16)62-36)61-44-39(55-14)34(23-28(4)58-44)49(13)25-32-18-20-33(21-19-32)48(11)12/h18-21,26-31,34-36,38-42,44,51-52,54H,17,22-25H2,1-16H3/t26-,27-,28-,29+,30+,31-,34+,35-,36+,38+,39-,40+,41-,42-,44+,45+,46-,47-/m1/s1. The predicted octanol–water partition coefficient (Wildman–Crippen LogP) is 4.94. The summed E-state index contributed by atoms with van der Waals surface area (Å²) in [5, 5.41) is 34.4. The Bertz CT molecular complexity index is 1600. The van der Waals surface area contributed by atoms with Crippen molar-refractivity contribution in [3.8, 4) is 0 Å². The van der Waals surface area contributed by atoms with Crippen molar-refractivity contribution in [1.82, 2.24) is 4.90 Å². The molecule has 15 heteroatoms. The van der Waals surface area contributed by atoms with Gasteiger partial charge in [0.1, 0.15) is 29.7 Å². The molecule has 1 aromatic carbocycles. The summed E-state index contributed by atoms with van der Waals surface area (Å²) < 4.78 is 51.5. The molecule has 0 amide bonds. The second kappa shape index (κ2) is 21.4. The lowest BCUT2D eigenvalue weighted by molar-refractivity contribution is -0.371. The minimum absolute atomic E-state index is 0.135. The molecule has 0 spiro atoms. The zero-order chi connectivity index (χ0) is 46.6. The normalized spacial score (nSPS) is 42.9. The fourth-order valence-corrected chi connectivity index (χ4v) is 10.0. The molecular weight excluding hydrogens is 801 g/mol. The van der Waals surface area contributed by atoms with Crippen LogP contribution in [-0.2, 0) is 54.0 Å². The van der Waals surface area contributed by atoms with E-state index in [-0.39, 0.29) is 43.1 Å². The van der Waals surface area contributed by atoms with Crippen molar-refractivity contribution in [1.29, 1.82) is 0 Å². The first-order chi connectivity index (χ1) is 28.9. The highest BCUT2D eigenvalue weighted by molar-refractivity contribution is 5.83. The van der Waals surface area contributed by atoms with Gasteiger partial charge in [-0.25, -0.2) is 0 Å². The fraction of sp³-hybridized carbons (Fsp3) is 0.830. The number of hydrogen-bond donors (Lipinski definition) is 3. The van der Waals surface area contributed by atoms with Crippen LogP contribution in [0, 0.1) is 29.6 Å². The number of methoxy groups -OCH3 is 3. The van der Waals surface area contributed by atoms with Gasteiger partial charge in [-0.1, -0.05) is 46.8 Å². The van der Waals surface area contributed by atoms with Gasteiger partial charge in [-0.2, -0.15) is 0 Å². The molecule has 3 N–H and O–H groups in total. The Morgan fingerprint density at radius 3 is 2.02 bits per heavy atom. The lowest BCUT2D eigenvalue weighted by Gasteiger charge is -2.50. The van der Waals surface area contributed by atoms with Crippen molar-refractivity contribution in [2.45, 2.75) is 180 Å². The number of benzene rings is 1. The molecule has 18 atom stereocenters. The van der Waals surface area contributed by atoms with Crippen LogP contribution < -0.4 is 4.90 Å². The number of esters is 1. The second-order valence-electron chi connectivity index (χ2n) is 19.3. The Balaban J connectivity index is 1.83. The van der Waals surface area contributed by atoms with Gasteiger partial charge in [0.2, 0.25) is 0 Å². The largest absolute Gasteiger partial charge is 0.459 e. The molecule has 1 aromatic rings. The third-order valence-corrected chi connectivity index (χ3v) is 14.2. The molecule has 3 aliphatic rings. The molecule has 0 bridgehead atoms. The molecule has 15 nitrogen and oxygen atoms in total. The van der Waals surface area contributed by atoms with Gasteiger partial charge in [0, 0.05) is 77.9 Å². The number of hydrogen-bond acceptors (Lipinski definition) is 15. The first-order valence-corrected chi connectivity index (χ1v) is 22.5. The molecule has 3 aliphatic heterocycles. The van der Waals surface area contributed by atoms with Crippen LogP contribution in [0.25, 0.3) is 0 Å². The van der Waals surface area contributed by atoms with Crippen molar-refractivity contribution in [3.05, 3.63) is 29.8 Å². The van der Waals surface area contributed by atoms with Gasteiger partial charge < -0.3 is 58.1 Å². The maximum absolute atomic E-state index is 14.4. The van der Waals surface area contributed by atoms with Crippen LogP contribution in [0.5, 0.6) is 0 Å². The highest BCUT2D eigenvalue weighted by atomic mass is 16.8. The number of Topliss-reactive ketones (excluding diaryl/α,β-unsaturated/α-hetero) is 1. The summed E-state index contributed by atoms with van der Waals surface area (Å²) in [7, 11) is 10.7. The Morgan fingerprint density at radius 2 is 1.47 bits per heavy atom. The molecule has 3 saturated heterocycles. The molecule has 0 aromatic heterocycles. The van der Waals surface area contributed by atoms with Crippen molar-refractivity contribution >= 4 is 17.4 Å². The van der Waals surface area contributed by atoms with E-state index in [4.69, 9.17) is 37.9 Å². The van der Waals surface area contributed by atoms with E-state index in [1.54, 1.807) is 48.8 Å². The third kappa shape index (κ3) is 11.4. The summed E-state index contributed by atoms with van der Waals surface area (Å²) in [6.45, 7) is 18.1. The minimum Gasteiger partial charge on any atom is -0.459 e. The first kappa shape index (κ1) is 52.3. The van der Waals surface area contributed by atoms with Crippen molar-refractivity contribution < 1.29 is 62.8 Å². The van der Waals surface area contributed by atoms with Crippen molar-refractivity contribution in [2.24, 2.45) is 29.6 Å². The van der Waals surface area contributed by atoms with E-state index in [0.717, 1.165) is 11.3 Å². The van der Waals surface area contributed by atoms with Crippen LogP contribution in [0.15, 0.2) is 24.3 Å². The summed E-state index contributed by atoms with van der Waals surface area (Å²) in [6.07, 6.45) is -7.05. The summed E-state index contributed by atoms with van der Waals surface area (Å²) in [5.74, 6) is -6.11. The van der Waals surface area contributed by atoms with Gasteiger partial charge in [0.25, 0.3) is 0 Å². The van der Waals surface area contributed by atoms with Crippen molar-refractivity contribution in [2.75, 3.05) is 47.4 Å². The second-order valence-corrected chi connectivity index (χ2v) is 19.3. The van der Waals surface area contributed by atoms with Crippen LogP contribution in [0.2, 0.25) is 0 Å². The van der Waals surface area contributed by atoms with Gasteiger partial charge in [0.05, 0.1) is 35.9 Å². The summed E-state index contributed by atoms with van der Waals surface area (Å²) in [5.41, 5.74) is -0.961. The maximum Gasteiger partial charge on any atom is 0.311 e. The minimum atomic E-state index is -1.97. The summed E-state index contributed by atoms with van der Waals surface area (Å²) in [4.78, 5) is 33.0. The molecule has 3 heterocycles. The third-order valence-electron chi connectivity index (χ3n) is 14.2. The van der Waals surface area contributed by atoms with E-state index < -0.39 is 95.8 Å². The number of cyclic esters (lactones) is 1. The van der Waals surface area contributed by atoms with E-state index in [2.05, 4.69) is 41.1 Å². The molecule has 0 unspecified atom stereocenters. The Morgan fingerprint density at radius 1 is 0.839 bits per heavy atom. The number of anilines is 1. The van der Waals surface area contributed by atoms with Crippen molar-refractivity contribution in [3.63, 3.8) is 0 Å². The highest BCUT2D eigenvalue weighted by Gasteiger charge is 2.54. The van der Waals surface area contributed by atoms with Gasteiger partial charge in [0.15, 0.2) is 18.4 Å². The topological polar surface area (TPSA) is 175 Å². The Hall–Kier alpha value is -2.28. The average molecular weight is 881 g/mol. The van der Waals surface area contributed by atoms with Crippen LogP contribution in [-0.4, -0.2) is 153 Å². The first-order valence-electron chi connectivity index (χ1n) is 22.5. The molecule has 0 radical (unpaired) electrons. The number of rotatable bonds is 12. The van der Waals surface area contributed by atoms with Crippen LogP contribution in [0.3, 0.4) is 0 Å². The highest BCUT2D eigenvalue weighted by Crippen LogP contribution is 2.42. The van der Waals surface area contributed by atoms with Crippen LogP contribution in [0.1, 0.15) is 100 Å². The molecule has 356 valence electrons. The van der Waals surface area contributed by atoms with Gasteiger partial charge in [-0.05, 0) is 84.5 Å². The number of nitrogens with zero attached hydrogens (tertiary/aromatic N) is 2. The summed E-state index contributed by atoms with van der Waals surface area (Å²) in [6, 6.07) is 8.30. The lowest BCUT2D eigenvalue weighted by Crippen LogP contribution is -2.61. The zero-order valence-electron chi connectivity index (χ0n) is 40.3. The zero-order valence-corrected chi connectivity index (χ0v) is 40.3. The number of carbonyl (C=O) groups is 2. The quantitative estimate of drug-likeness (QED) is 0.241. The SMILES string of the molecule is CC[C@H]1OC(=O)[C@H](C)[C@@H](O[C@@H]2C[C@@H](C)[C@H](O)[C@](C)(OC)O2)[C@H](C)[C@@H](O[C@@H]2O[C@H](C)C[C@H](N(C)Cc3ccc(N(C)C)cc3)[C@H]2OC)[C@@](C)(OC)C[C@@H](C)C(=O)[C@H](C)[C@@H](O)[C@]1(C)O. The molecular formula is C47H80N2O13. The number of aliphatic hydroxyl groups excluding tert-OH is 2. The van der Waals surface area contributed by atoms with Gasteiger partial charge in [-0.15, -0.1) is 0 Å². The van der Waals surface area contributed by atoms with Crippen LogP contribution in [0.4, 0.5) is 5.69 Å². The predicted molar refractivity (Wildman–Crippen MR) is 234 cm³/mol.